The van der Waals surface area contributed by atoms with Crippen molar-refractivity contribution >= 4 is 17.6 Å². The fourth-order valence-corrected chi connectivity index (χ4v) is 2.39. The molecule has 0 saturated heterocycles. The van der Waals surface area contributed by atoms with E-state index in [2.05, 4.69) is 5.32 Å². The molecule has 2 N–H and O–H groups in total. The zero-order chi connectivity index (χ0) is 18.2. The Kier molecular flexibility index (Phi) is 6.54. The van der Waals surface area contributed by atoms with Gasteiger partial charge in [0, 0.05) is 12.8 Å². The second-order valence-electron chi connectivity index (χ2n) is 5.64. The van der Waals surface area contributed by atoms with Crippen molar-refractivity contribution in [1.29, 1.82) is 0 Å². The van der Waals surface area contributed by atoms with Crippen LogP contribution in [0.5, 0.6) is 5.75 Å². The Hall–Kier alpha value is -2.86. The first-order valence-electron chi connectivity index (χ1n) is 7.80. The number of hydrogen-bond acceptors (Lipinski definition) is 4. The highest BCUT2D eigenvalue weighted by Gasteiger charge is 2.08. The van der Waals surface area contributed by atoms with Gasteiger partial charge in [-0.25, -0.2) is 4.79 Å². The van der Waals surface area contributed by atoms with Crippen molar-refractivity contribution in [3.05, 3.63) is 59.2 Å². The molecule has 1 amide bonds. The molecule has 2 rings (SSSR count). The monoisotopic (exact) mass is 343 g/mol. The van der Waals surface area contributed by atoms with Crippen LogP contribution in [-0.4, -0.2) is 30.7 Å². The molecule has 0 aliphatic heterocycles. The Morgan fingerprint density at radius 2 is 1.88 bits per heavy atom. The van der Waals surface area contributed by atoms with Gasteiger partial charge in [-0.1, -0.05) is 24.3 Å². The molecule has 0 bridgehead atoms. The smallest absolute Gasteiger partial charge is 0.341 e. The lowest BCUT2D eigenvalue weighted by Gasteiger charge is -2.11. The molecule has 0 aromatic heterocycles. The number of carbonyl (C=O) groups is 2. The second kappa shape index (κ2) is 8.84. The second-order valence-corrected chi connectivity index (χ2v) is 5.64. The molecule has 0 radical (unpaired) electrons. The van der Waals surface area contributed by atoms with Crippen LogP contribution in [0.25, 0.3) is 0 Å². The molecule has 0 heterocycles. The van der Waals surface area contributed by atoms with Gasteiger partial charge in [0.05, 0.1) is 13.0 Å². The molecular formula is C19H21NO5. The van der Waals surface area contributed by atoms with Gasteiger partial charge in [0.25, 0.3) is 0 Å². The van der Waals surface area contributed by atoms with E-state index in [9.17, 15) is 9.59 Å². The summed E-state index contributed by atoms with van der Waals surface area (Å²) in [7, 11) is 1.63. The quantitative estimate of drug-likeness (QED) is 0.770. The molecule has 25 heavy (non-hydrogen) atoms. The number of benzene rings is 2. The van der Waals surface area contributed by atoms with E-state index in [0.717, 1.165) is 16.7 Å². The molecule has 0 saturated carbocycles. The number of aliphatic carboxylic acids is 1. The molecule has 0 spiro atoms. The molecular weight excluding hydrogens is 322 g/mol. The number of anilines is 1. The molecule has 2 aromatic rings. The summed E-state index contributed by atoms with van der Waals surface area (Å²) in [6.07, 6.45) is 0.258. The van der Waals surface area contributed by atoms with Crippen LogP contribution in [0.4, 0.5) is 5.69 Å². The third kappa shape index (κ3) is 5.93. The molecule has 0 fully saturated rings. The van der Waals surface area contributed by atoms with Crippen molar-refractivity contribution in [3.63, 3.8) is 0 Å². The van der Waals surface area contributed by atoms with E-state index in [1.54, 1.807) is 25.3 Å². The molecule has 6 nitrogen and oxygen atoms in total. The highest BCUT2D eigenvalue weighted by atomic mass is 16.5. The number of rotatable bonds is 8. The number of hydrogen-bond donors (Lipinski definition) is 2. The Balaban J connectivity index is 1.98. The van der Waals surface area contributed by atoms with Crippen molar-refractivity contribution in [2.45, 2.75) is 20.0 Å². The van der Waals surface area contributed by atoms with E-state index in [1.165, 1.54) is 0 Å². The van der Waals surface area contributed by atoms with Crippen LogP contribution in [0.1, 0.15) is 16.7 Å². The van der Waals surface area contributed by atoms with Gasteiger partial charge < -0.3 is 19.9 Å². The maximum Gasteiger partial charge on any atom is 0.341 e. The van der Waals surface area contributed by atoms with E-state index < -0.39 is 12.6 Å². The van der Waals surface area contributed by atoms with Crippen LogP contribution >= 0.6 is 0 Å². The maximum atomic E-state index is 12.3. The molecule has 0 aliphatic rings. The molecule has 0 atom stereocenters. The van der Waals surface area contributed by atoms with E-state index >= 15 is 0 Å². The van der Waals surface area contributed by atoms with Crippen molar-refractivity contribution in [2.75, 3.05) is 19.0 Å². The van der Waals surface area contributed by atoms with Crippen LogP contribution in [0.15, 0.2) is 42.5 Å². The molecule has 132 valence electrons. The number of carbonyl (C=O) groups excluding carboxylic acids is 1. The normalized spacial score (nSPS) is 10.3. The molecule has 6 heteroatoms. The van der Waals surface area contributed by atoms with Crippen molar-refractivity contribution < 1.29 is 24.2 Å². The lowest BCUT2D eigenvalue weighted by molar-refractivity contribution is -0.139. The fourth-order valence-electron chi connectivity index (χ4n) is 2.39. The van der Waals surface area contributed by atoms with E-state index in [-0.39, 0.29) is 12.3 Å². The van der Waals surface area contributed by atoms with Crippen LogP contribution in [0.2, 0.25) is 0 Å². The largest absolute Gasteiger partial charge is 0.482 e. The number of amides is 1. The number of aryl methyl sites for hydroxylation is 1. The van der Waals surface area contributed by atoms with Crippen LogP contribution in [0.3, 0.4) is 0 Å². The zero-order valence-electron chi connectivity index (χ0n) is 14.2. The summed E-state index contributed by atoms with van der Waals surface area (Å²) < 4.78 is 10.2. The predicted molar refractivity (Wildman–Crippen MR) is 93.8 cm³/mol. The van der Waals surface area contributed by atoms with E-state index in [0.29, 0.717) is 18.0 Å². The van der Waals surface area contributed by atoms with Gasteiger partial charge in [0.2, 0.25) is 5.91 Å². The summed E-state index contributed by atoms with van der Waals surface area (Å²) in [4.78, 5) is 22.8. The Morgan fingerprint density at radius 1 is 1.12 bits per heavy atom. The first-order chi connectivity index (χ1) is 12.0. The zero-order valence-corrected chi connectivity index (χ0v) is 14.2. The minimum absolute atomic E-state index is 0.128. The average Bonchev–Trinajstić information content (AvgIpc) is 2.56. The summed E-state index contributed by atoms with van der Waals surface area (Å²) >= 11 is 0. The van der Waals surface area contributed by atoms with Crippen LogP contribution in [0, 0.1) is 6.92 Å². The predicted octanol–water partition coefficient (Wildman–Crippen LogP) is 2.79. The van der Waals surface area contributed by atoms with E-state index in [4.69, 9.17) is 14.6 Å². The highest BCUT2D eigenvalue weighted by Crippen LogP contribution is 2.21. The minimum Gasteiger partial charge on any atom is -0.482 e. The van der Waals surface area contributed by atoms with Gasteiger partial charge in [0.15, 0.2) is 6.61 Å². The minimum atomic E-state index is -1.04. The lowest BCUT2D eigenvalue weighted by Crippen LogP contribution is -2.15. The molecule has 2 aromatic carbocycles. The number of methoxy groups -OCH3 is 1. The van der Waals surface area contributed by atoms with Gasteiger partial charge in [-0.05, 0) is 41.8 Å². The summed E-state index contributed by atoms with van der Waals surface area (Å²) in [6, 6.07) is 12.7. The number of carboxylic acids is 1. The van der Waals surface area contributed by atoms with E-state index in [1.807, 2.05) is 31.2 Å². The third-order valence-corrected chi connectivity index (χ3v) is 3.50. The Morgan fingerprint density at radius 3 is 2.56 bits per heavy atom. The van der Waals surface area contributed by atoms with Crippen molar-refractivity contribution in [3.8, 4) is 5.75 Å². The van der Waals surface area contributed by atoms with Crippen molar-refractivity contribution in [1.82, 2.24) is 0 Å². The summed E-state index contributed by atoms with van der Waals surface area (Å²) in [5.74, 6) is -0.715. The molecule has 0 unspecified atom stereocenters. The van der Waals surface area contributed by atoms with Crippen molar-refractivity contribution in [2.24, 2.45) is 0 Å². The Bertz CT molecular complexity index is 757. The van der Waals surface area contributed by atoms with Gasteiger partial charge in [0.1, 0.15) is 5.75 Å². The first kappa shape index (κ1) is 18.5. The number of nitrogens with one attached hydrogen (secondary N) is 1. The lowest BCUT2D eigenvalue weighted by atomic mass is 10.1. The van der Waals surface area contributed by atoms with Gasteiger partial charge in [-0.15, -0.1) is 0 Å². The van der Waals surface area contributed by atoms with Crippen LogP contribution < -0.4 is 10.1 Å². The topological polar surface area (TPSA) is 84.9 Å². The highest BCUT2D eigenvalue weighted by molar-refractivity contribution is 5.93. The third-order valence-electron chi connectivity index (χ3n) is 3.50. The average molecular weight is 343 g/mol. The van der Waals surface area contributed by atoms with Gasteiger partial charge >= 0.3 is 5.97 Å². The molecule has 0 aliphatic carbocycles. The standard InChI is InChI=1S/C19H21NO5/c1-13-8-16(25-12-19(22)23)6-7-17(13)20-18(21)10-14-4-3-5-15(9-14)11-24-2/h3-9H,10-12H2,1-2H3,(H,20,21)(H,22,23). The summed E-state index contributed by atoms with van der Waals surface area (Å²) in [5, 5.41) is 11.5. The maximum absolute atomic E-state index is 12.3. The summed E-state index contributed by atoms with van der Waals surface area (Å²) in [6.45, 7) is 1.93. The number of carboxylic acid groups (broad SMARTS) is 1. The first-order valence-corrected chi connectivity index (χ1v) is 7.80. The summed E-state index contributed by atoms with van der Waals surface area (Å²) in [5.41, 5.74) is 3.39. The Labute approximate surface area is 146 Å². The SMILES string of the molecule is COCc1cccc(CC(=O)Nc2ccc(OCC(=O)O)cc2C)c1. The van der Waals surface area contributed by atoms with Crippen LogP contribution in [-0.2, 0) is 27.4 Å². The fraction of sp³-hybridized carbons (Fsp3) is 0.263. The van der Waals surface area contributed by atoms with Gasteiger partial charge in [-0.3, -0.25) is 4.79 Å². The number of ether oxygens (including phenoxy) is 2. The van der Waals surface area contributed by atoms with Gasteiger partial charge in [-0.2, -0.15) is 0 Å².